The fourth-order valence-electron chi connectivity index (χ4n) is 3.16. The minimum atomic E-state index is -3.65. The molecule has 2 heterocycles. The van der Waals surface area contributed by atoms with Crippen LogP contribution in [0, 0.1) is 13.8 Å². The maximum absolute atomic E-state index is 12.5. The summed E-state index contributed by atoms with van der Waals surface area (Å²) < 4.78 is 29.4. The summed E-state index contributed by atoms with van der Waals surface area (Å²) in [5, 5.41) is 5.27. The largest absolute Gasteiger partial charge is 0.272 e. The molecule has 0 aliphatic heterocycles. The van der Waals surface area contributed by atoms with Crippen molar-refractivity contribution in [2.45, 2.75) is 37.6 Å². The van der Waals surface area contributed by atoms with Crippen molar-refractivity contribution in [3.8, 4) is 11.1 Å². The van der Waals surface area contributed by atoms with Crippen molar-refractivity contribution in [1.82, 2.24) is 19.5 Å². The number of aromatic nitrogens is 3. The Hall–Kier alpha value is -1.96. The van der Waals surface area contributed by atoms with E-state index in [1.165, 1.54) is 6.20 Å². The van der Waals surface area contributed by atoms with Gasteiger partial charge in [0, 0.05) is 35.9 Å². The quantitative estimate of drug-likeness (QED) is 0.741. The first kappa shape index (κ1) is 17.5. The molecule has 1 N–H and O–H groups in total. The van der Waals surface area contributed by atoms with E-state index in [2.05, 4.69) is 14.8 Å². The number of rotatable bonds is 4. The Balaban J connectivity index is 1.82. The molecule has 0 radical (unpaired) electrons. The number of pyridine rings is 1. The molecule has 0 spiro atoms. The van der Waals surface area contributed by atoms with Gasteiger partial charge in [-0.05, 0) is 38.3 Å². The van der Waals surface area contributed by atoms with Crippen LogP contribution < -0.4 is 4.72 Å². The summed E-state index contributed by atoms with van der Waals surface area (Å²) in [6.45, 7) is 3.98. The lowest BCUT2D eigenvalue weighted by atomic mass is 10.0. The molecule has 0 atom stereocenters. The number of aryl methyl sites for hydroxylation is 2. The molecule has 3 aromatic rings. The molecule has 0 amide bonds. The van der Waals surface area contributed by atoms with E-state index in [9.17, 15) is 8.42 Å². The van der Waals surface area contributed by atoms with E-state index >= 15 is 0 Å². The molecule has 8 heteroatoms. The van der Waals surface area contributed by atoms with Crippen LogP contribution in [0.1, 0.15) is 24.2 Å². The van der Waals surface area contributed by atoms with Crippen LogP contribution in [0.5, 0.6) is 0 Å². The van der Waals surface area contributed by atoms with Gasteiger partial charge in [-0.15, -0.1) is 0 Å². The molecule has 1 aliphatic carbocycles. The molecule has 0 bridgehead atoms. The zero-order chi connectivity index (χ0) is 18.6. The van der Waals surface area contributed by atoms with Gasteiger partial charge in [-0.25, -0.2) is 13.1 Å². The molecule has 2 aromatic heterocycles. The lowest BCUT2D eigenvalue weighted by Gasteiger charge is -2.10. The lowest BCUT2D eigenvalue weighted by Crippen LogP contribution is -2.26. The van der Waals surface area contributed by atoms with Crippen LogP contribution in [-0.2, 0) is 17.1 Å². The third-order valence-electron chi connectivity index (χ3n) is 4.76. The standard InChI is InChI=1S/C18H19ClN4O2S/c1-10-17(11(2)23(3)21-10)12-4-7-14-15(8-12)20-9-16(18(14)19)26(24,25)22-13-5-6-13/h4,7-9,13,22H,5-6H2,1-3H3. The molecular weight excluding hydrogens is 372 g/mol. The molecule has 1 saturated carbocycles. The highest BCUT2D eigenvalue weighted by Gasteiger charge is 2.30. The van der Waals surface area contributed by atoms with Gasteiger partial charge in [-0.1, -0.05) is 23.7 Å². The summed E-state index contributed by atoms with van der Waals surface area (Å²) in [6.07, 6.45) is 3.07. The number of nitrogens with zero attached hydrogens (tertiary/aromatic N) is 3. The van der Waals surface area contributed by atoms with E-state index in [1.807, 2.05) is 43.8 Å². The highest BCUT2D eigenvalue weighted by atomic mass is 35.5. The van der Waals surface area contributed by atoms with Crippen LogP contribution >= 0.6 is 11.6 Å². The lowest BCUT2D eigenvalue weighted by molar-refractivity contribution is 0.581. The van der Waals surface area contributed by atoms with Gasteiger partial charge in [0.2, 0.25) is 10.0 Å². The number of hydrogen-bond donors (Lipinski definition) is 1. The van der Waals surface area contributed by atoms with Crippen molar-refractivity contribution in [2.24, 2.45) is 7.05 Å². The highest BCUT2D eigenvalue weighted by Crippen LogP contribution is 2.34. The van der Waals surface area contributed by atoms with Crippen molar-refractivity contribution in [2.75, 3.05) is 0 Å². The van der Waals surface area contributed by atoms with Gasteiger partial charge in [0.15, 0.2) is 0 Å². The van der Waals surface area contributed by atoms with Crippen LogP contribution in [0.4, 0.5) is 0 Å². The van der Waals surface area contributed by atoms with Crippen molar-refractivity contribution >= 4 is 32.5 Å². The van der Waals surface area contributed by atoms with E-state index in [4.69, 9.17) is 11.6 Å². The zero-order valence-corrected chi connectivity index (χ0v) is 16.3. The Labute approximate surface area is 157 Å². The Morgan fingerprint density at radius 1 is 1.27 bits per heavy atom. The summed E-state index contributed by atoms with van der Waals surface area (Å²) >= 11 is 6.42. The van der Waals surface area contributed by atoms with Crippen molar-refractivity contribution in [3.63, 3.8) is 0 Å². The highest BCUT2D eigenvalue weighted by molar-refractivity contribution is 7.89. The summed E-state index contributed by atoms with van der Waals surface area (Å²) in [5.41, 5.74) is 4.68. The van der Waals surface area contributed by atoms with E-state index < -0.39 is 10.0 Å². The van der Waals surface area contributed by atoms with Gasteiger partial charge in [0.25, 0.3) is 0 Å². The van der Waals surface area contributed by atoms with Gasteiger partial charge >= 0.3 is 0 Å². The van der Waals surface area contributed by atoms with Crippen LogP contribution in [0.2, 0.25) is 5.02 Å². The van der Waals surface area contributed by atoms with Crippen LogP contribution in [0.25, 0.3) is 22.0 Å². The van der Waals surface area contributed by atoms with Crippen LogP contribution in [-0.4, -0.2) is 29.2 Å². The monoisotopic (exact) mass is 390 g/mol. The smallest absolute Gasteiger partial charge is 0.243 e. The topological polar surface area (TPSA) is 76.9 Å². The third kappa shape index (κ3) is 2.90. The first-order chi connectivity index (χ1) is 12.3. The first-order valence-corrected chi connectivity index (χ1v) is 10.2. The molecular formula is C18H19ClN4O2S. The normalized spacial score (nSPS) is 14.9. The molecule has 26 heavy (non-hydrogen) atoms. The Bertz CT molecular complexity index is 1130. The number of benzene rings is 1. The molecule has 4 rings (SSSR count). The molecule has 0 saturated heterocycles. The van der Waals surface area contributed by atoms with Gasteiger partial charge in [0.1, 0.15) is 4.90 Å². The SMILES string of the molecule is Cc1nn(C)c(C)c1-c1ccc2c(Cl)c(S(=O)(=O)NC3CC3)cnc2c1. The van der Waals surface area contributed by atoms with E-state index in [0.717, 1.165) is 35.4 Å². The summed E-state index contributed by atoms with van der Waals surface area (Å²) in [6, 6.07) is 5.69. The average Bonchev–Trinajstić information content (AvgIpc) is 3.33. The van der Waals surface area contributed by atoms with Crippen LogP contribution in [0.15, 0.2) is 29.3 Å². The summed E-state index contributed by atoms with van der Waals surface area (Å²) in [7, 11) is -1.74. The van der Waals surface area contributed by atoms with Crippen molar-refractivity contribution in [1.29, 1.82) is 0 Å². The minimum Gasteiger partial charge on any atom is -0.272 e. The Kier molecular flexibility index (Phi) is 4.06. The molecule has 1 aliphatic rings. The Morgan fingerprint density at radius 3 is 2.62 bits per heavy atom. The minimum absolute atomic E-state index is 0.0191. The average molecular weight is 391 g/mol. The number of halogens is 1. The fraction of sp³-hybridized carbons (Fsp3) is 0.333. The molecule has 1 aromatic carbocycles. The van der Waals surface area contributed by atoms with Crippen molar-refractivity contribution < 1.29 is 8.42 Å². The molecule has 0 unspecified atom stereocenters. The number of hydrogen-bond acceptors (Lipinski definition) is 4. The maximum atomic E-state index is 12.5. The second-order valence-electron chi connectivity index (χ2n) is 6.73. The molecule has 6 nitrogen and oxygen atoms in total. The number of fused-ring (bicyclic) bond motifs is 1. The second-order valence-corrected chi connectivity index (χ2v) is 8.79. The predicted octanol–water partition coefficient (Wildman–Crippen LogP) is 3.35. The van der Waals surface area contributed by atoms with Crippen molar-refractivity contribution in [3.05, 3.63) is 40.8 Å². The van der Waals surface area contributed by atoms with Gasteiger partial charge in [0.05, 0.1) is 16.2 Å². The summed E-state index contributed by atoms with van der Waals surface area (Å²) in [5.74, 6) is 0. The number of sulfonamides is 1. The summed E-state index contributed by atoms with van der Waals surface area (Å²) in [4.78, 5) is 4.39. The van der Waals surface area contributed by atoms with E-state index in [-0.39, 0.29) is 16.0 Å². The van der Waals surface area contributed by atoms with E-state index in [1.54, 1.807) is 0 Å². The fourth-order valence-corrected chi connectivity index (χ4v) is 5.01. The maximum Gasteiger partial charge on any atom is 0.243 e. The van der Waals surface area contributed by atoms with Gasteiger partial charge in [-0.3, -0.25) is 9.67 Å². The predicted molar refractivity (Wildman–Crippen MR) is 102 cm³/mol. The second kappa shape index (κ2) is 6.04. The molecule has 136 valence electrons. The first-order valence-electron chi connectivity index (χ1n) is 8.39. The third-order valence-corrected chi connectivity index (χ3v) is 6.81. The van der Waals surface area contributed by atoms with Crippen LogP contribution in [0.3, 0.4) is 0 Å². The van der Waals surface area contributed by atoms with Gasteiger partial charge in [-0.2, -0.15) is 5.10 Å². The van der Waals surface area contributed by atoms with Gasteiger partial charge < -0.3 is 0 Å². The number of nitrogens with one attached hydrogen (secondary N) is 1. The van der Waals surface area contributed by atoms with E-state index in [0.29, 0.717) is 10.9 Å². The molecule has 1 fully saturated rings. The Morgan fingerprint density at radius 2 is 2.00 bits per heavy atom. The zero-order valence-electron chi connectivity index (χ0n) is 14.7.